The van der Waals surface area contributed by atoms with Crippen LogP contribution in [0, 0.1) is 0 Å². The summed E-state index contributed by atoms with van der Waals surface area (Å²) >= 11 is 2.52. The molecule has 0 unspecified atom stereocenters. The van der Waals surface area contributed by atoms with Gasteiger partial charge in [0.15, 0.2) is 0 Å². The number of amides is 1. The van der Waals surface area contributed by atoms with Gasteiger partial charge in [0.2, 0.25) is 20.9 Å². The van der Waals surface area contributed by atoms with Gasteiger partial charge in [0.05, 0.1) is 22.0 Å². The first-order valence-corrected chi connectivity index (χ1v) is 12.5. The lowest BCUT2D eigenvalue weighted by Gasteiger charge is -2.11. The molecule has 0 atom stereocenters. The molecule has 0 fully saturated rings. The molecule has 2 aromatic heterocycles. The van der Waals surface area contributed by atoms with E-state index in [0.717, 1.165) is 16.2 Å². The highest BCUT2D eigenvalue weighted by molar-refractivity contribution is 7.98. The second kappa shape index (κ2) is 9.37. The van der Waals surface area contributed by atoms with Crippen LogP contribution in [-0.2, 0) is 20.8 Å². The zero-order valence-electron chi connectivity index (χ0n) is 16.0. The molecular weight excluding hydrogens is 471 g/mol. The molecule has 0 spiro atoms. The van der Waals surface area contributed by atoms with Crippen LogP contribution in [0.5, 0.6) is 0 Å². The number of benzene rings is 1. The fourth-order valence-electron chi connectivity index (χ4n) is 2.54. The average Bonchev–Trinajstić information content (AvgIpc) is 3.27. The molecule has 0 bridgehead atoms. The minimum atomic E-state index is -4.85. The zero-order valence-corrected chi connectivity index (χ0v) is 18.5. The van der Waals surface area contributed by atoms with Crippen LogP contribution in [0.25, 0.3) is 10.6 Å². The molecule has 1 aromatic carbocycles. The minimum Gasteiger partial charge on any atom is -0.325 e. The fraction of sp³-hybridized carbons (Fsp3) is 0.211. The molecule has 1 amide bonds. The number of carbonyl (C=O) groups excluding carboxylic acids is 1. The van der Waals surface area contributed by atoms with Crippen LogP contribution in [0.3, 0.4) is 0 Å². The first kappa shape index (κ1) is 23.2. The van der Waals surface area contributed by atoms with E-state index in [1.54, 1.807) is 35.7 Å². The number of alkyl halides is 3. The van der Waals surface area contributed by atoms with Crippen molar-refractivity contribution in [1.29, 1.82) is 0 Å². The monoisotopic (exact) mass is 487 g/mol. The normalized spacial score (nSPS) is 12.0. The highest BCUT2D eigenvalue weighted by Gasteiger charge is 2.35. The lowest BCUT2D eigenvalue weighted by molar-refractivity contribution is -0.141. The van der Waals surface area contributed by atoms with Crippen molar-refractivity contribution in [3.05, 3.63) is 53.5 Å². The quantitative estimate of drug-likeness (QED) is 0.382. The van der Waals surface area contributed by atoms with Crippen molar-refractivity contribution >= 4 is 44.5 Å². The van der Waals surface area contributed by atoms with E-state index < -0.39 is 44.9 Å². The lowest BCUT2D eigenvalue weighted by atomic mass is 10.3. The molecule has 0 aliphatic carbocycles. The summed E-state index contributed by atoms with van der Waals surface area (Å²) in [7, 11) is -4.34. The van der Waals surface area contributed by atoms with Gasteiger partial charge in [-0.1, -0.05) is 18.2 Å². The maximum Gasteiger partial charge on any atom is 0.433 e. The predicted molar refractivity (Wildman–Crippen MR) is 114 cm³/mol. The van der Waals surface area contributed by atoms with Gasteiger partial charge in [-0.05, 0) is 35.9 Å². The van der Waals surface area contributed by atoms with Gasteiger partial charge >= 0.3 is 6.18 Å². The largest absolute Gasteiger partial charge is 0.433 e. The summed E-state index contributed by atoms with van der Waals surface area (Å²) in [5.74, 6) is -1.32. The van der Waals surface area contributed by atoms with Crippen molar-refractivity contribution < 1.29 is 26.4 Å². The Morgan fingerprint density at radius 3 is 2.55 bits per heavy atom. The minimum absolute atomic E-state index is 0.144. The SMILES string of the molecule is CSc1ccccc1NC(=O)CCS(=O)(=O)c1nc(-c2cccs2)cc(C(F)(F)F)n1. The summed E-state index contributed by atoms with van der Waals surface area (Å²) in [6, 6.07) is 10.8. The van der Waals surface area contributed by atoms with Crippen LogP contribution in [-0.4, -0.2) is 36.3 Å². The molecule has 164 valence electrons. The molecule has 0 aliphatic heterocycles. The summed E-state index contributed by atoms with van der Waals surface area (Å²) < 4.78 is 65.1. The highest BCUT2D eigenvalue weighted by Crippen LogP contribution is 2.32. The third-order valence-electron chi connectivity index (χ3n) is 4.03. The molecule has 1 N–H and O–H groups in total. The van der Waals surface area contributed by atoms with Gasteiger partial charge in [-0.25, -0.2) is 18.4 Å². The Kier molecular flexibility index (Phi) is 7.02. The van der Waals surface area contributed by atoms with Crippen LogP contribution in [0.15, 0.2) is 57.9 Å². The molecule has 2 heterocycles. The second-order valence-corrected chi connectivity index (χ2v) is 10.0. The molecule has 3 aromatic rings. The van der Waals surface area contributed by atoms with Crippen LogP contribution in [0.2, 0.25) is 0 Å². The Hall–Kier alpha value is -2.44. The first-order valence-electron chi connectivity index (χ1n) is 8.76. The summed E-state index contributed by atoms with van der Waals surface area (Å²) in [5, 5.41) is 3.29. The molecular formula is C19H16F3N3O3S3. The van der Waals surface area contributed by atoms with Crippen molar-refractivity contribution in [3.63, 3.8) is 0 Å². The van der Waals surface area contributed by atoms with E-state index in [0.29, 0.717) is 16.6 Å². The molecule has 0 aliphatic rings. The number of carbonyl (C=O) groups is 1. The van der Waals surface area contributed by atoms with E-state index in [1.165, 1.54) is 17.8 Å². The number of aromatic nitrogens is 2. The van der Waals surface area contributed by atoms with Crippen LogP contribution < -0.4 is 5.32 Å². The number of thioether (sulfide) groups is 1. The topological polar surface area (TPSA) is 89.0 Å². The number of anilines is 1. The second-order valence-electron chi connectivity index (χ2n) is 6.21. The van der Waals surface area contributed by atoms with Crippen molar-refractivity contribution in [1.82, 2.24) is 9.97 Å². The number of nitrogens with zero attached hydrogens (tertiary/aromatic N) is 2. The molecule has 0 saturated heterocycles. The number of nitrogens with one attached hydrogen (secondary N) is 1. The third-order valence-corrected chi connectivity index (χ3v) is 7.20. The van der Waals surface area contributed by atoms with Crippen molar-refractivity contribution in [2.24, 2.45) is 0 Å². The summed E-state index contributed by atoms with van der Waals surface area (Å²) in [6.45, 7) is 0. The van der Waals surface area contributed by atoms with E-state index in [4.69, 9.17) is 0 Å². The molecule has 3 rings (SSSR count). The Bertz CT molecular complexity index is 1180. The van der Waals surface area contributed by atoms with Gasteiger partial charge in [-0.3, -0.25) is 4.79 Å². The first-order chi connectivity index (χ1) is 14.6. The summed E-state index contributed by atoms with van der Waals surface area (Å²) in [6.07, 6.45) is -3.48. The number of thiophene rings is 1. The van der Waals surface area contributed by atoms with Gasteiger partial charge in [-0.15, -0.1) is 23.1 Å². The third kappa shape index (κ3) is 5.83. The maximum absolute atomic E-state index is 13.3. The summed E-state index contributed by atoms with van der Waals surface area (Å²) in [5.41, 5.74) is -0.982. The maximum atomic E-state index is 13.3. The Labute approximate surface area is 184 Å². The fourth-order valence-corrected chi connectivity index (χ4v) is 4.89. The van der Waals surface area contributed by atoms with Gasteiger partial charge < -0.3 is 5.32 Å². The number of para-hydroxylation sites is 1. The number of rotatable bonds is 7. The highest BCUT2D eigenvalue weighted by atomic mass is 32.2. The van der Waals surface area contributed by atoms with Crippen LogP contribution in [0.4, 0.5) is 18.9 Å². The van der Waals surface area contributed by atoms with E-state index in [-0.39, 0.29) is 5.69 Å². The summed E-state index contributed by atoms with van der Waals surface area (Å²) in [4.78, 5) is 20.4. The Morgan fingerprint density at radius 1 is 1.16 bits per heavy atom. The Balaban J connectivity index is 1.82. The van der Waals surface area contributed by atoms with Gasteiger partial charge in [-0.2, -0.15) is 13.2 Å². The number of hydrogen-bond donors (Lipinski definition) is 1. The van der Waals surface area contributed by atoms with Crippen LogP contribution in [0.1, 0.15) is 12.1 Å². The smallest absolute Gasteiger partial charge is 0.325 e. The van der Waals surface area contributed by atoms with Gasteiger partial charge in [0.1, 0.15) is 5.69 Å². The van der Waals surface area contributed by atoms with Gasteiger partial charge in [0.25, 0.3) is 0 Å². The van der Waals surface area contributed by atoms with Crippen LogP contribution >= 0.6 is 23.1 Å². The van der Waals surface area contributed by atoms with Crippen molar-refractivity contribution in [2.75, 3.05) is 17.3 Å². The van der Waals surface area contributed by atoms with E-state index in [2.05, 4.69) is 15.3 Å². The number of hydrogen-bond acceptors (Lipinski definition) is 7. The lowest BCUT2D eigenvalue weighted by Crippen LogP contribution is -2.20. The number of halogens is 3. The molecule has 12 heteroatoms. The van der Waals surface area contributed by atoms with Crippen molar-refractivity contribution in [2.45, 2.75) is 22.6 Å². The average molecular weight is 488 g/mol. The van der Waals surface area contributed by atoms with Gasteiger partial charge in [0, 0.05) is 11.3 Å². The zero-order chi connectivity index (χ0) is 22.6. The van der Waals surface area contributed by atoms with Crippen molar-refractivity contribution in [3.8, 4) is 10.6 Å². The number of sulfone groups is 1. The molecule has 31 heavy (non-hydrogen) atoms. The molecule has 6 nitrogen and oxygen atoms in total. The molecule has 0 radical (unpaired) electrons. The van der Waals surface area contributed by atoms with E-state index in [9.17, 15) is 26.4 Å². The standard InChI is InChI=1S/C19H16F3N3O3S3/c1-29-14-6-3-2-5-12(14)23-17(26)8-10-31(27,28)18-24-13(15-7-4-9-30-15)11-16(25-18)19(20,21)22/h2-7,9,11H,8,10H2,1H3,(H,23,26). The van der Waals surface area contributed by atoms with E-state index in [1.807, 2.05) is 6.26 Å². The molecule has 0 saturated carbocycles. The predicted octanol–water partition coefficient (Wildman–Crippen LogP) is 4.75. The Morgan fingerprint density at radius 2 is 1.90 bits per heavy atom. The van der Waals surface area contributed by atoms with E-state index >= 15 is 0 Å².